The summed E-state index contributed by atoms with van der Waals surface area (Å²) in [7, 11) is 1.44. The molecule has 0 aromatic rings. The van der Waals surface area contributed by atoms with Crippen LogP contribution in [0, 0.1) is 5.92 Å². The highest BCUT2D eigenvalue weighted by atomic mass is 16.5. The summed E-state index contributed by atoms with van der Waals surface area (Å²) >= 11 is 0. The number of rotatable bonds is 2. The van der Waals surface area contributed by atoms with Crippen LogP contribution in [0.2, 0.25) is 0 Å². The van der Waals surface area contributed by atoms with Crippen molar-refractivity contribution in [2.75, 3.05) is 20.2 Å². The molecule has 0 unspecified atom stereocenters. The van der Waals surface area contributed by atoms with Crippen LogP contribution < -0.4 is 0 Å². The van der Waals surface area contributed by atoms with E-state index >= 15 is 0 Å². The second kappa shape index (κ2) is 3.22. The van der Waals surface area contributed by atoms with Crippen LogP contribution >= 0.6 is 0 Å². The molecule has 64 valence electrons. The third kappa shape index (κ3) is 1.71. The fourth-order valence-corrected chi connectivity index (χ4v) is 1.25. The number of hydrogen-bond donors (Lipinski definition) is 0. The van der Waals surface area contributed by atoms with E-state index in [0.29, 0.717) is 6.04 Å². The summed E-state index contributed by atoms with van der Waals surface area (Å²) < 4.78 is 4.62. The zero-order valence-electron chi connectivity index (χ0n) is 7.33. The molecular formula is C8H15NO2. The van der Waals surface area contributed by atoms with Crippen molar-refractivity contribution < 1.29 is 9.53 Å². The Morgan fingerprint density at radius 2 is 2.09 bits per heavy atom. The molecule has 0 amide bonds. The predicted molar refractivity (Wildman–Crippen MR) is 42.2 cm³/mol. The maximum absolute atomic E-state index is 10.9. The normalized spacial score (nSPS) is 20.0. The molecular weight excluding hydrogens is 142 g/mol. The van der Waals surface area contributed by atoms with Gasteiger partial charge in [0.1, 0.15) is 0 Å². The first kappa shape index (κ1) is 8.53. The lowest BCUT2D eigenvalue weighted by Gasteiger charge is -2.40. The summed E-state index contributed by atoms with van der Waals surface area (Å²) in [6, 6.07) is 0.552. The Morgan fingerprint density at radius 3 is 2.45 bits per heavy atom. The minimum atomic E-state index is -0.0677. The minimum Gasteiger partial charge on any atom is -0.469 e. The number of methoxy groups -OCH3 is 1. The van der Waals surface area contributed by atoms with Gasteiger partial charge in [-0.1, -0.05) is 0 Å². The van der Waals surface area contributed by atoms with Gasteiger partial charge in [-0.3, -0.25) is 9.69 Å². The van der Waals surface area contributed by atoms with Crippen LogP contribution in [0.4, 0.5) is 0 Å². The second-order valence-corrected chi connectivity index (χ2v) is 3.27. The van der Waals surface area contributed by atoms with Crippen molar-refractivity contribution in [2.24, 2.45) is 5.92 Å². The standard InChI is InChI=1S/C8H15NO2/c1-6(2)9-4-7(5-9)8(10)11-3/h6-7H,4-5H2,1-3H3. The highest BCUT2D eigenvalue weighted by Gasteiger charge is 2.34. The molecule has 1 rings (SSSR count). The van der Waals surface area contributed by atoms with Gasteiger partial charge in [-0.25, -0.2) is 0 Å². The SMILES string of the molecule is COC(=O)C1CN(C(C)C)C1. The number of hydrogen-bond acceptors (Lipinski definition) is 3. The summed E-state index contributed by atoms with van der Waals surface area (Å²) in [5.74, 6) is 0.0595. The van der Waals surface area contributed by atoms with Crippen molar-refractivity contribution in [3.63, 3.8) is 0 Å². The third-order valence-electron chi connectivity index (χ3n) is 2.17. The lowest BCUT2D eigenvalue weighted by molar-refractivity contribution is -0.152. The van der Waals surface area contributed by atoms with Gasteiger partial charge in [0.25, 0.3) is 0 Å². The van der Waals surface area contributed by atoms with E-state index in [9.17, 15) is 4.79 Å². The monoisotopic (exact) mass is 157 g/mol. The summed E-state index contributed by atoms with van der Waals surface area (Å²) in [6.45, 7) is 6.00. The summed E-state index contributed by atoms with van der Waals surface area (Å²) in [5, 5.41) is 0. The Hall–Kier alpha value is -0.570. The van der Waals surface area contributed by atoms with Gasteiger partial charge >= 0.3 is 5.97 Å². The van der Waals surface area contributed by atoms with Gasteiger partial charge in [-0.15, -0.1) is 0 Å². The van der Waals surface area contributed by atoms with Crippen molar-refractivity contribution in [3.05, 3.63) is 0 Å². The molecule has 0 saturated carbocycles. The van der Waals surface area contributed by atoms with Gasteiger partial charge in [0.15, 0.2) is 0 Å². The van der Waals surface area contributed by atoms with Crippen LogP contribution in [0.15, 0.2) is 0 Å². The van der Waals surface area contributed by atoms with Crippen molar-refractivity contribution in [3.8, 4) is 0 Å². The summed E-state index contributed by atoms with van der Waals surface area (Å²) in [6.07, 6.45) is 0. The van der Waals surface area contributed by atoms with Crippen LogP contribution in [0.3, 0.4) is 0 Å². The first-order chi connectivity index (χ1) is 5.15. The Labute approximate surface area is 67.3 Å². The average molecular weight is 157 g/mol. The largest absolute Gasteiger partial charge is 0.469 e. The summed E-state index contributed by atoms with van der Waals surface area (Å²) in [5.41, 5.74) is 0. The van der Waals surface area contributed by atoms with Crippen LogP contribution in [-0.2, 0) is 9.53 Å². The molecule has 1 saturated heterocycles. The first-order valence-electron chi connectivity index (χ1n) is 3.97. The Bertz CT molecular complexity index is 150. The van der Waals surface area contributed by atoms with Gasteiger partial charge in [0.2, 0.25) is 0 Å². The van der Waals surface area contributed by atoms with E-state index in [2.05, 4.69) is 23.5 Å². The first-order valence-corrected chi connectivity index (χ1v) is 3.97. The molecule has 1 aliphatic heterocycles. The van der Waals surface area contributed by atoms with Gasteiger partial charge < -0.3 is 4.74 Å². The fourth-order valence-electron chi connectivity index (χ4n) is 1.25. The van der Waals surface area contributed by atoms with Gasteiger partial charge in [-0.2, -0.15) is 0 Å². The van der Waals surface area contributed by atoms with E-state index in [1.54, 1.807) is 0 Å². The molecule has 1 fully saturated rings. The van der Waals surface area contributed by atoms with Gasteiger partial charge in [-0.05, 0) is 13.8 Å². The molecule has 3 nitrogen and oxygen atoms in total. The number of carbonyl (C=O) groups is 1. The quantitative estimate of drug-likeness (QED) is 0.547. The molecule has 1 heterocycles. The molecule has 0 radical (unpaired) electrons. The van der Waals surface area contributed by atoms with Gasteiger partial charge in [0, 0.05) is 19.1 Å². The molecule has 0 aromatic carbocycles. The number of carbonyl (C=O) groups excluding carboxylic acids is 1. The molecule has 0 spiro atoms. The predicted octanol–water partition coefficient (Wildman–Crippen LogP) is 0.500. The zero-order chi connectivity index (χ0) is 8.43. The highest BCUT2D eigenvalue weighted by Crippen LogP contribution is 2.18. The molecule has 1 aliphatic rings. The maximum Gasteiger partial charge on any atom is 0.311 e. The lowest BCUT2D eigenvalue weighted by Crippen LogP contribution is -2.53. The van der Waals surface area contributed by atoms with E-state index in [0.717, 1.165) is 13.1 Å². The summed E-state index contributed by atoms with van der Waals surface area (Å²) in [4.78, 5) is 13.2. The van der Waals surface area contributed by atoms with Crippen molar-refractivity contribution in [2.45, 2.75) is 19.9 Å². The average Bonchev–Trinajstić information content (AvgIpc) is 1.83. The minimum absolute atomic E-state index is 0.0677. The van der Waals surface area contributed by atoms with Crippen LogP contribution in [0.1, 0.15) is 13.8 Å². The molecule has 0 aromatic heterocycles. The Balaban J connectivity index is 2.24. The van der Waals surface area contributed by atoms with E-state index in [-0.39, 0.29) is 11.9 Å². The van der Waals surface area contributed by atoms with Crippen molar-refractivity contribution >= 4 is 5.97 Å². The van der Waals surface area contributed by atoms with Crippen molar-refractivity contribution in [1.82, 2.24) is 4.90 Å². The molecule has 0 atom stereocenters. The van der Waals surface area contributed by atoms with Gasteiger partial charge in [0.05, 0.1) is 13.0 Å². The molecule has 3 heteroatoms. The number of ether oxygens (including phenoxy) is 1. The van der Waals surface area contributed by atoms with E-state index < -0.39 is 0 Å². The van der Waals surface area contributed by atoms with E-state index in [1.165, 1.54) is 7.11 Å². The van der Waals surface area contributed by atoms with Crippen LogP contribution in [0.5, 0.6) is 0 Å². The molecule has 0 bridgehead atoms. The van der Waals surface area contributed by atoms with Crippen LogP contribution in [-0.4, -0.2) is 37.1 Å². The smallest absolute Gasteiger partial charge is 0.311 e. The highest BCUT2D eigenvalue weighted by molar-refractivity contribution is 5.73. The fraction of sp³-hybridized carbons (Fsp3) is 0.875. The number of nitrogens with zero attached hydrogens (tertiary/aromatic N) is 1. The zero-order valence-corrected chi connectivity index (χ0v) is 7.33. The van der Waals surface area contributed by atoms with E-state index in [4.69, 9.17) is 0 Å². The molecule has 11 heavy (non-hydrogen) atoms. The Morgan fingerprint density at radius 1 is 1.55 bits per heavy atom. The molecule has 0 N–H and O–H groups in total. The van der Waals surface area contributed by atoms with Crippen LogP contribution in [0.25, 0.3) is 0 Å². The maximum atomic E-state index is 10.9. The molecule has 0 aliphatic carbocycles. The number of esters is 1. The third-order valence-corrected chi connectivity index (χ3v) is 2.17. The van der Waals surface area contributed by atoms with E-state index in [1.807, 2.05) is 0 Å². The second-order valence-electron chi connectivity index (χ2n) is 3.27. The topological polar surface area (TPSA) is 29.5 Å². The van der Waals surface area contributed by atoms with Crippen molar-refractivity contribution in [1.29, 1.82) is 0 Å². The number of likely N-dealkylation sites (tertiary alicyclic amines) is 1. The lowest BCUT2D eigenvalue weighted by atomic mass is 9.99. The Kier molecular flexibility index (Phi) is 2.49.